The highest BCUT2D eigenvalue weighted by Crippen LogP contribution is 2.29. The fraction of sp³-hybridized carbons (Fsp3) is 0.778. The summed E-state index contributed by atoms with van der Waals surface area (Å²) in [5.74, 6) is -0.0401. The Kier molecular flexibility index (Phi) is 7.59. The van der Waals surface area contributed by atoms with Crippen molar-refractivity contribution in [2.75, 3.05) is 6.61 Å². The summed E-state index contributed by atoms with van der Waals surface area (Å²) in [5, 5.41) is 2.94. The Hall–Kier alpha value is -1.52. The normalized spacial score (nSPS) is 17.2. The number of esters is 1. The van der Waals surface area contributed by atoms with E-state index in [-0.39, 0.29) is 12.0 Å². The van der Waals surface area contributed by atoms with Gasteiger partial charge < -0.3 is 14.8 Å². The van der Waals surface area contributed by atoms with Crippen LogP contribution in [0.1, 0.15) is 66.2 Å². The van der Waals surface area contributed by atoms with Crippen molar-refractivity contribution >= 4 is 12.1 Å². The quantitative estimate of drug-likeness (QED) is 0.593. The van der Waals surface area contributed by atoms with E-state index in [1.807, 2.05) is 20.8 Å². The lowest BCUT2D eigenvalue weighted by Crippen LogP contribution is -2.44. The van der Waals surface area contributed by atoms with Crippen LogP contribution in [0, 0.1) is 5.92 Å². The van der Waals surface area contributed by atoms with E-state index in [1.54, 1.807) is 6.92 Å². The molecule has 0 aromatic heterocycles. The largest absolute Gasteiger partial charge is 0.463 e. The van der Waals surface area contributed by atoms with E-state index >= 15 is 0 Å². The second kappa shape index (κ2) is 8.94. The monoisotopic (exact) mass is 325 g/mol. The molecule has 1 N–H and O–H groups in total. The Balaban J connectivity index is 2.70. The van der Waals surface area contributed by atoms with E-state index in [0.29, 0.717) is 24.5 Å². The molecule has 0 heterocycles. The molecule has 5 heteroatoms. The van der Waals surface area contributed by atoms with Gasteiger partial charge in [0.2, 0.25) is 0 Å². The Morgan fingerprint density at radius 3 is 2.35 bits per heavy atom. The molecule has 1 fully saturated rings. The first-order valence-electron chi connectivity index (χ1n) is 8.57. The van der Waals surface area contributed by atoms with Gasteiger partial charge in [0.25, 0.3) is 0 Å². The third kappa shape index (κ3) is 7.53. The number of carbonyl (C=O) groups is 2. The summed E-state index contributed by atoms with van der Waals surface area (Å²) in [6.45, 7) is 11.4. The summed E-state index contributed by atoms with van der Waals surface area (Å²) < 4.78 is 10.3. The number of nitrogens with one attached hydrogen (secondary N) is 1. The lowest BCUT2D eigenvalue weighted by Gasteiger charge is -2.32. The number of amides is 1. The van der Waals surface area contributed by atoms with Crippen LogP contribution in [0.15, 0.2) is 12.2 Å². The van der Waals surface area contributed by atoms with Gasteiger partial charge >= 0.3 is 12.1 Å². The molecular formula is C18H31NO4. The minimum atomic E-state index is -0.542. The van der Waals surface area contributed by atoms with Gasteiger partial charge in [0.05, 0.1) is 6.61 Å². The van der Waals surface area contributed by atoms with E-state index in [2.05, 4.69) is 11.9 Å². The Morgan fingerprint density at radius 2 is 1.83 bits per heavy atom. The molecule has 1 atom stereocenters. The standard InChI is InChI=1S/C18H31NO4/c1-6-22-16(20)13(2)12-15(14-10-8-7-9-11-14)19-17(21)23-18(3,4)5/h14-15H,2,6-12H2,1,3-5H3,(H,19,21). The summed E-state index contributed by atoms with van der Waals surface area (Å²) in [6.07, 6.45) is 5.61. The summed E-state index contributed by atoms with van der Waals surface area (Å²) in [5.41, 5.74) is -0.141. The number of alkyl carbamates (subject to hydrolysis) is 1. The van der Waals surface area contributed by atoms with Crippen LogP contribution in [0.25, 0.3) is 0 Å². The van der Waals surface area contributed by atoms with Crippen LogP contribution in [0.3, 0.4) is 0 Å². The third-order valence-electron chi connectivity index (χ3n) is 3.95. The Labute approximate surface area is 139 Å². The smallest absolute Gasteiger partial charge is 0.407 e. The van der Waals surface area contributed by atoms with Crippen molar-refractivity contribution in [1.82, 2.24) is 5.32 Å². The van der Waals surface area contributed by atoms with Crippen LogP contribution in [-0.2, 0) is 14.3 Å². The van der Waals surface area contributed by atoms with Crippen LogP contribution in [0.2, 0.25) is 0 Å². The van der Waals surface area contributed by atoms with Gasteiger partial charge in [0.1, 0.15) is 5.60 Å². The summed E-state index contributed by atoms with van der Waals surface area (Å²) >= 11 is 0. The summed E-state index contributed by atoms with van der Waals surface area (Å²) in [6, 6.07) is -0.137. The fourth-order valence-electron chi connectivity index (χ4n) is 2.91. The molecule has 132 valence electrons. The summed E-state index contributed by atoms with van der Waals surface area (Å²) in [7, 11) is 0. The van der Waals surface area contributed by atoms with E-state index in [9.17, 15) is 9.59 Å². The van der Waals surface area contributed by atoms with Crippen LogP contribution < -0.4 is 5.32 Å². The lowest BCUT2D eigenvalue weighted by molar-refractivity contribution is -0.138. The molecule has 0 aromatic rings. The van der Waals surface area contributed by atoms with Gasteiger partial charge in [-0.25, -0.2) is 9.59 Å². The first-order valence-corrected chi connectivity index (χ1v) is 8.57. The number of hydrogen-bond donors (Lipinski definition) is 1. The number of rotatable bonds is 6. The highest BCUT2D eigenvalue weighted by molar-refractivity contribution is 5.87. The minimum absolute atomic E-state index is 0.137. The number of ether oxygens (including phenoxy) is 2. The fourth-order valence-corrected chi connectivity index (χ4v) is 2.91. The van der Waals surface area contributed by atoms with Crippen molar-refractivity contribution in [3.8, 4) is 0 Å². The SMILES string of the molecule is C=C(CC(NC(=O)OC(C)(C)C)C1CCCCC1)C(=O)OCC. The van der Waals surface area contributed by atoms with Crippen molar-refractivity contribution in [3.63, 3.8) is 0 Å². The van der Waals surface area contributed by atoms with Gasteiger partial charge in [0, 0.05) is 11.6 Å². The zero-order valence-electron chi connectivity index (χ0n) is 14.9. The van der Waals surface area contributed by atoms with E-state index in [4.69, 9.17) is 9.47 Å². The molecule has 0 spiro atoms. The zero-order valence-corrected chi connectivity index (χ0v) is 14.9. The molecule has 0 bridgehead atoms. The highest BCUT2D eigenvalue weighted by atomic mass is 16.6. The molecule has 0 aromatic carbocycles. The molecule has 1 amide bonds. The number of hydrogen-bond acceptors (Lipinski definition) is 4. The van der Waals surface area contributed by atoms with E-state index in [1.165, 1.54) is 6.42 Å². The van der Waals surface area contributed by atoms with Crippen LogP contribution in [-0.4, -0.2) is 30.3 Å². The van der Waals surface area contributed by atoms with Gasteiger partial charge in [-0.15, -0.1) is 0 Å². The van der Waals surface area contributed by atoms with Crippen molar-refractivity contribution in [2.45, 2.75) is 77.9 Å². The molecule has 0 saturated heterocycles. The first kappa shape index (κ1) is 19.5. The third-order valence-corrected chi connectivity index (χ3v) is 3.95. The molecule has 0 aliphatic heterocycles. The molecule has 1 aliphatic rings. The highest BCUT2D eigenvalue weighted by Gasteiger charge is 2.29. The maximum atomic E-state index is 12.1. The van der Waals surface area contributed by atoms with Gasteiger partial charge in [0.15, 0.2) is 0 Å². The van der Waals surface area contributed by atoms with E-state index < -0.39 is 11.7 Å². The van der Waals surface area contributed by atoms with Gasteiger partial charge in [-0.2, -0.15) is 0 Å². The van der Waals surface area contributed by atoms with Crippen LogP contribution >= 0.6 is 0 Å². The van der Waals surface area contributed by atoms with E-state index in [0.717, 1.165) is 25.7 Å². The van der Waals surface area contributed by atoms with Crippen molar-refractivity contribution < 1.29 is 19.1 Å². The zero-order chi connectivity index (χ0) is 17.5. The predicted molar refractivity (Wildman–Crippen MR) is 90.1 cm³/mol. The van der Waals surface area contributed by atoms with Crippen molar-refractivity contribution in [3.05, 3.63) is 12.2 Å². The Bertz CT molecular complexity index is 419. The summed E-state index contributed by atoms with van der Waals surface area (Å²) in [4.78, 5) is 23.9. The molecule has 1 saturated carbocycles. The van der Waals surface area contributed by atoms with Crippen molar-refractivity contribution in [1.29, 1.82) is 0 Å². The Morgan fingerprint density at radius 1 is 1.22 bits per heavy atom. The van der Waals surface area contributed by atoms with Gasteiger partial charge in [-0.05, 0) is 52.9 Å². The minimum Gasteiger partial charge on any atom is -0.463 e. The molecule has 0 radical (unpaired) electrons. The second-order valence-corrected chi connectivity index (χ2v) is 7.18. The second-order valence-electron chi connectivity index (χ2n) is 7.18. The average Bonchev–Trinajstić information content (AvgIpc) is 2.45. The number of carbonyl (C=O) groups excluding carboxylic acids is 2. The topological polar surface area (TPSA) is 64.6 Å². The molecule has 23 heavy (non-hydrogen) atoms. The maximum Gasteiger partial charge on any atom is 0.407 e. The van der Waals surface area contributed by atoms with Crippen molar-refractivity contribution in [2.24, 2.45) is 5.92 Å². The molecule has 1 aliphatic carbocycles. The first-order chi connectivity index (χ1) is 10.7. The van der Waals surface area contributed by atoms with Crippen LogP contribution in [0.4, 0.5) is 4.79 Å². The molecule has 1 unspecified atom stereocenters. The average molecular weight is 325 g/mol. The predicted octanol–water partition coefficient (Wildman–Crippen LogP) is 3.97. The lowest BCUT2D eigenvalue weighted by atomic mass is 9.81. The van der Waals surface area contributed by atoms with Crippen LogP contribution in [0.5, 0.6) is 0 Å². The molecule has 1 rings (SSSR count). The van der Waals surface area contributed by atoms with Gasteiger partial charge in [-0.1, -0.05) is 25.8 Å². The molecular weight excluding hydrogens is 294 g/mol. The molecule has 5 nitrogen and oxygen atoms in total. The maximum absolute atomic E-state index is 12.1. The van der Waals surface area contributed by atoms with Gasteiger partial charge in [-0.3, -0.25) is 0 Å².